The van der Waals surface area contributed by atoms with Crippen molar-refractivity contribution in [2.45, 2.75) is 82.0 Å². The molecule has 1 amide bonds. The average Bonchev–Trinajstić information content (AvgIpc) is 3.18. The van der Waals surface area contributed by atoms with Crippen LogP contribution < -0.4 is 5.32 Å². The first-order chi connectivity index (χ1) is 15.3. The second-order valence-corrected chi connectivity index (χ2v) is 9.75. The average molecular weight is 442 g/mol. The Hall–Kier alpha value is -1.86. The smallest absolute Gasteiger partial charge is 0.230 e. The summed E-state index contributed by atoms with van der Waals surface area (Å²) in [5.74, 6) is 1.44. The minimum atomic E-state index is 0.107. The molecule has 1 aromatic heterocycles. The molecule has 4 rings (SSSR count). The molecular weight excluding hydrogens is 406 g/mol. The summed E-state index contributed by atoms with van der Waals surface area (Å²) in [6.45, 7) is 3.04. The third-order valence-electron chi connectivity index (χ3n) is 6.33. The molecule has 7 heteroatoms. The van der Waals surface area contributed by atoms with Crippen LogP contribution in [-0.4, -0.2) is 50.5 Å². The zero-order chi connectivity index (χ0) is 21.3. The molecule has 1 aromatic carbocycles. The Morgan fingerprint density at radius 1 is 0.935 bits per heavy atom. The number of likely N-dealkylation sites (tertiary alicyclic amines) is 1. The predicted octanol–water partition coefficient (Wildman–Crippen LogP) is 4.57. The Balaban J connectivity index is 1.41. The molecule has 2 aromatic rings. The molecule has 0 spiro atoms. The number of piperidine rings is 1. The van der Waals surface area contributed by atoms with E-state index in [0.717, 1.165) is 49.1 Å². The fourth-order valence-electron chi connectivity index (χ4n) is 4.65. The van der Waals surface area contributed by atoms with Crippen molar-refractivity contribution < 1.29 is 4.79 Å². The first-order valence-electron chi connectivity index (χ1n) is 11.9. The van der Waals surface area contributed by atoms with Crippen molar-refractivity contribution in [3.05, 3.63) is 36.2 Å². The summed E-state index contributed by atoms with van der Waals surface area (Å²) in [5.41, 5.74) is 1.06. The van der Waals surface area contributed by atoms with Gasteiger partial charge in [0.1, 0.15) is 0 Å². The van der Waals surface area contributed by atoms with Crippen LogP contribution >= 0.6 is 11.8 Å². The van der Waals surface area contributed by atoms with E-state index in [4.69, 9.17) is 0 Å². The number of nitrogens with zero attached hydrogens (tertiary/aromatic N) is 4. The zero-order valence-electron chi connectivity index (χ0n) is 18.5. The lowest BCUT2D eigenvalue weighted by Gasteiger charge is -2.26. The number of rotatable bonds is 7. The fourth-order valence-corrected chi connectivity index (χ4v) is 5.43. The highest BCUT2D eigenvalue weighted by molar-refractivity contribution is 7.99. The van der Waals surface area contributed by atoms with Crippen LogP contribution in [0.4, 0.5) is 0 Å². The number of para-hydroxylation sites is 1. The highest BCUT2D eigenvalue weighted by Crippen LogP contribution is 2.24. The summed E-state index contributed by atoms with van der Waals surface area (Å²) in [7, 11) is 0. The van der Waals surface area contributed by atoms with Crippen molar-refractivity contribution in [1.29, 1.82) is 0 Å². The van der Waals surface area contributed by atoms with Crippen molar-refractivity contribution >= 4 is 17.7 Å². The molecule has 0 unspecified atom stereocenters. The van der Waals surface area contributed by atoms with E-state index in [9.17, 15) is 4.79 Å². The van der Waals surface area contributed by atoms with Crippen molar-refractivity contribution in [1.82, 2.24) is 25.0 Å². The molecule has 6 nitrogen and oxygen atoms in total. The van der Waals surface area contributed by atoms with E-state index in [-0.39, 0.29) is 5.91 Å². The number of thioether (sulfide) groups is 1. The molecular formula is C24H35N5OS. The fraction of sp³-hybridized carbons (Fsp3) is 0.625. The van der Waals surface area contributed by atoms with Crippen molar-refractivity contribution in [2.75, 3.05) is 18.8 Å². The highest BCUT2D eigenvalue weighted by Gasteiger charge is 2.20. The largest absolute Gasteiger partial charge is 0.353 e. The third kappa shape index (κ3) is 6.56. The number of carbonyl (C=O) groups excluding carboxylic acids is 1. The standard InChI is InChI=1S/C24H35N5OS/c30-23(25-20-12-6-2-1-3-7-13-20)19-31-24-27-26-22(18-28-16-10-5-11-17-28)29(24)21-14-8-4-9-15-21/h4,8-9,14-15,20H,1-3,5-7,10-13,16-19H2,(H,25,30). The summed E-state index contributed by atoms with van der Waals surface area (Å²) in [5, 5.41) is 13.1. The van der Waals surface area contributed by atoms with Crippen LogP contribution in [0.15, 0.2) is 35.5 Å². The summed E-state index contributed by atoms with van der Waals surface area (Å²) >= 11 is 1.49. The van der Waals surface area contributed by atoms with Gasteiger partial charge in [0.05, 0.1) is 12.3 Å². The number of benzene rings is 1. The maximum Gasteiger partial charge on any atom is 0.230 e. The van der Waals surface area contributed by atoms with E-state index in [0.29, 0.717) is 11.8 Å². The van der Waals surface area contributed by atoms with E-state index in [2.05, 4.69) is 37.1 Å². The first-order valence-corrected chi connectivity index (χ1v) is 12.9. The van der Waals surface area contributed by atoms with Crippen LogP contribution in [0.2, 0.25) is 0 Å². The maximum atomic E-state index is 12.7. The Bertz CT molecular complexity index is 811. The molecule has 0 bridgehead atoms. The van der Waals surface area contributed by atoms with Crippen LogP contribution in [0.5, 0.6) is 0 Å². The lowest BCUT2D eigenvalue weighted by molar-refractivity contribution is -0.119. The van der Waals surface area contributed by atoms with Crippen molar-refractivity contribution in [3.8, 4) is 5.69 Å². The maximum absolute atomic E-state index is 12.7. The van der Waals surface area contributed by atoms with Gasteiger partial charge < -0.3 is 5.32 Å². The van der Waals surface area contributed by atoms with Gasteiger partial charge in [-0.15, -0.1) is 10.2 Å². The van der Waals surface area contributed by atoms with Crippen LogP contribution in [-0.2, 0) is 11.3 Å². The minimum Gasteiger partial charge on any atom is -0.353 e. The van der Waals surface area contributed by atoms with Crippen molar-refractivity contribution in [3.63, 3.8) is 0 Å². The van der Waals surface area contributed by atoms with E-state index in [1.165, 1.54) is 63.1 Å². The lowest BCUT2D eigenvalue weighted by atomic mass is 9.97. The third-order valence-corrected chi connectivity index (χ3v) is 7.26. The molecule has 31 heavy (non-hydrogen) atoms. The van der Waals surface area contributed by atoms with Gasteiger partial charge in [-0.25, -0.2) is 0 Å². The molecule has 1 N–H and O–H groups in total. The molecule has 2 aliphatic rings. The van der Waals surface area contributed by atoms with Gasteiger partial charge in [-0.3, -0.25) is 14.3 Å². The molecule has 1 aliphatic heterocycles. The molecule has 0 radical (unpaired) electrons. The zero-order valence-corrected chi connectivity index (χ0v) is 19.3. The summed E-state index contributed by atoms with van der Waals surface area (Å²) in [6.07, 6.45) is 12.4. The summed E-state index contributed by atoms with van der Waals surface area (Å²) in [6, 6.07) is 10.6. The Kier molecular flexibility index (Phi) is 8.41. The van der Waals surface area contributed by atoms with Crippen molar-refractivity contribution in [2.24, 2.45) is 0 Å². The van der Waals surface area contributed by atoms with E-state index in [1.54, 1.807) is 0 Å². The lowest BCUT2D eigenvalue weighted by Crippen LogP contribution is -2.36. The molecule has 2 fully saturated rings. The number of hydrogen-bond donors (Lipinski definition) is 1. The number of amides is 1. The van der Waals surface area contributed by atoms with Crippen LogP contribution in [0, 0.1) is 0 Å². The van der Waals surface area contributed by atoms with E-state index in [1.807, 2.05) is 18.2 Å². The van der Waals surface area contributed by atoms with Gasteiger partial charge in [0, 0.05) is 11.7 Å². The summed E-state index contributed by atoms with van der Waals surface area (Å²) < 4.78 is 2.13. The van der Waals surface area contributed by atoms with Gasteiger partial charge in [0.15, 0.2) is 11.0 Å². The second-order valence-electron chi connectivity index (χ2n) is 8.80. The predicted molar refractivity (Wildman–Crippen MR) is 125 cm³/mol. The monoisotopic (exact) mass is 441 g/mol. The van der Waals surface area contributed by atoms with Crippen LogP contribution in [0.3, 0.4) is 0 Å². The normalized spacial score (nSPS) is 19.0. The van der Waals surface area contributed by atoms with Crippen LogP contribution in [0.1, 0.15) is 70.0 Å². The topological polar surface area (TPSA) is 63.1 Å². The highest BCUT2D eigenvalue weighted by atomic mass is 32.2. The molecule has 2 heterocycles. The second kappa shape index (κ2) is 11.7. The molecule has 1 saturated heterocycles. The molecule has 0 atom stereocenters. The van der Waals surface area contributed by atoms with Crippen LogP contribution in [0.25, 0.3) is 5.69 Å². The van der Waals surface area contributed by atoms with Gasteiger partial charge in [0.2, 0.25) is 5.91 Å². The number of aromatic nitrogens is 3. The van der Waals surface area contributed by atoms with E-state index >= 15 is 0 Å². The SMILES string of the molecule is O=C(CSc1nnc(CN2CCCCC2)n1-c1ccccc1)NC1CCCCCCC1. The van der Waals surface area contributed by atoms with Gasteiger partial charge in [0.25, 0.3) is 0 Å². The van der Waals surface area contributed by atoms with Gasteiger partial charge in [-0.05, 0) is 50.9 Å². The first kappa shape index (κ1) is 22.3. The van der Waals surface area contributed by atoms with Gasteiger partial charge in [-0.1, -0.05) is 68.5 Å². The van der Waals surface area contributed by atoms with Gasteiger partial charge >= 0.3 is 0 Å². The Labute approximate surface area is 190 Å². The van der Waals surface area contributed by atoms with E-state index < -0.39 is 0 Å². The molecule has 168 valence electrons. The number of nitrogens with one attached hydrogen (secondary N) is 1. The Morgan fingerprint density at radius 3 is 2.35 bits per heavy atom. The molecule has 1 saturated carbocycles. The minimum absolute atomic E-state index is 0.107. The Morgan fingerprint density at radius 2 is 1.61 bits per heavy atom. The molecule has 1 aliphatic carbocycles. The number of hydrogen-bond acceptors (Lipinski definition) is 5. The quantitative estimate of drug-likeness (QED) is 0.638. The van der Waals surface area contributed by atoms with Gasteiger partial charge in [-0.2, -0.15) is 0 Å². The summed E-state index contributed by atoms with van der Waals surface area (Å²) in [4.78, 5) is 15.1. The number of carbonyl (C=O) groups is 1.